The van der Waals surface area contributed by atoms with Crippen molar-refractivity contribution in [1.29, 1.82) is 0 Å². The first-order valence-corrected chi connectivity index (χ1v) is 10.1. The van der Waals surface area contributed by atoms with Crippen molar-refractivity contribution in [2.45, 2.75) is 17.7 Å². The summed E-state index contributed by atoms with van der Waals surface area (Å²) in [5.41, 5.74) is 0. The molecule has 1 aliphatic heterocycles. The number of sulfone groups is 1. The summed E-state index contributed by atoms with van der Waals surface area (Å²) < 4.78 is 62.1. The summed E-state index contributed by atoms with van der Waals surface area (Å²) in [6.07, 6.45) is 2.41. The van der Waals surface area contributed by atoms with Crippen molar-refractivity contribution in [3.63, 3.8) is 0 Å². The Kier molecular flexibility index (Phi) is 4.69. The number of hydrogen-bond donors (Lipinski definition) is 0. The van der Waals surface area contributed by atoms with Gasteiger partial charge in [-0.2, -0.15) is 0 Å². The standard InChI is InChI=1S/C13H18FNO4S2/c1-20(16,17)15-7-3-4-11(9-15)10-21(18,19)13-6-2-5-12(14)8-13/h2,5-6,8,11H,3-4,7,9-10H2,1H3. The van der Waals surface area contributed by atoms with E-state index in [1.165, 1.54) is 22.5 Å². The average Bonchev–Trinajstić information content (AvgIpc) is 2.37. The number of piperidine rings is 1. The van der Waals surface area contributed by atoms with Gasteiger partial charge >= 0.3 is 0 Å². The van der Waals surface area contributed by atoms with E-state index in [0.717, 1.165) is 12.3 Å². The van der Waals surface area contributed by atoms with Crippen LogP contribution in [0.2, 0.25) is 0 Å². The lowest BCUT2D eigenvalue weighted by molar-refractivity contribution is 0.284. The molecule has 0 N–H and O–H groups in total. The number of benzene rings is 1. The Morgan fingerprint density at radius 3 is 2.62 bits per heavy atom. The Morgan fingerprint density at radius 2 is 2.00 bits per heavy atom. The highest BCUT2D eigenvalue weighted by Gasteiger charge is 2.29. The van der Waals surface area contributed by atoms with E-state index in [1.54, 1.807) is 0 Å². The van der Waals surface area contributed by atoms with Gasteiger partial charge in [0.25, 0.3) is 0 Å². The topological polar surface area (TPSA) is 71.5 Å². The molecule has 1 atom stereocenters. The number of sulfonamides is 1. The highest BCUT2D eigenvalue weighted by Crippen LogP contribution is 2.23. The fourth-order valence-electron chi connectivity index (χ4n) is 2.53. The van der Waals surface area contributed by atoms with E-state index >= 15 is 0 Å². The van der Waals surface area contributed by atoms with Crippen LogP contribution in [0, 0.1) is 11.7 Å². The van der Waals surface area contributed by atoms with Gasteiger partial charge in [0.2, 0.25) is 10.0 Å². The second kappa shape index (κ2) is 6.02. The van der Waals surface area contributed by atoms with Crippen molar-refractivity contribution in [3.8, 4) is 0 Å². The molecule has 0 radical (unpaired) electrons. The molecular weight excluding hydrogens is 317 g/mol. The molecule has 0 amide bonds. The van der Waals surface area contributed by atoms with Crippen LogP contribution in [0.4, 0.5) is 4.39 Å². The van der Waals surface area contributed by atoms with Gasteiger partial charge in [-0.05, 0) is 37.0 Å². The highest BCUT2D eigenvalue weighted by atomic mass is 32.2. The van der Waals surface area contributed by atoms with Gasteiger partial charge in [0.15, 0.2) is 9.84 Å². The van der Waals surface area contributed by atoms with Crippen LogP contribution in [0.25, 0.3) is 0 Å². The maximum absolute atomic E-state index is 13.1. The molecule has 0 aromatic heterocycles. The molecule has 1 heterocycles. The second-order valence-electron chi connectivity index (χ2n) is 5.37. The first-order valence-electron chi connectivity index (χ1n) is 6.62. The molecule has 5 nitrogen and oxygen atoms in total. The largest absolute Gasteiger partial charge is 0.224 e. The zero-order chi connectivity index (χ0) is 15.7. The number of rotatable bonds is 4. The zero-order valence-corrected chi connectivity index (χ0v) is 13.3. The summed E-state index contributed by atoms with van der Waals surface area (Å²) >= 11 is 0. The molecule has 118 valence electrons. The summed E-state index contributed by atoms with van der Waals surface area (Å²) in [5.74, 6) is -1.03. The first kappa shape index (κ1) is 16.4. The maximum atomic E-state index is 13.1. The summed E-state index contributed by atoms with van der Waals surface area (Å²) in [4.78, 5) is -0.0565. The number of nitrogens with zero attached hydrogens (tertiary/aromatic N) is 1. The average molecular weight is 335 g/mol. The first-order chi connectivity index (χ1) is 9.68. The van der Waals surface area contributed by atoms with Crippen molar-refractivity contribution in [1.82, 2.24) is 4.31 Å². The van der Waals surface area contributed by atoms with Crippen molar-refractivity contribution in [2.75, 3.05) is 25.1 Å². The van der Waals surface area contributed by atoms with Gasteiger partial charge in [-0.25, -0.2) is 25.5 Å². The minimum Gasteiger partial charge on any atom is -0.224 e. The number of halogens is 1. The predicted octanol–water partition coefficient (Wildman–Crippen LogP) is 1.27. The summed E-state index contributed by atoms with van der Waals surface area (Å²) in [7, 11) is -6.92. The predicted molar refractivity (Wildman–Crippen MR) is 77.6 cm³/mol. The second-order valence-corrected chi connectivity index (χ2v) is 9.38. The Labute approximate surface area is 124 Å². The van der Waals surface area contributed by atoms with Gasteiger partial charge in [0, 0.05) is 13.1 Å². The molecule has 1 fully saturated rings. The van der Waals surface area contributed by atoms with Crippen LogP contribution < -0.4 is 0 Å². The fourth-order valence-corrected chi connectivity index (χ4v) is 5.14. The van der Waals surface area contributed by atoms with Crippen LogP contribution in [-0.2, 0) is 19.9 Å². The summed E-state index contributed by atoms with van der Waals surface area (Å²) in [5, 5.41) is 0. The van der Waals surface area contributed by atoms with Gasteiger partial charge in [0.1, 0.15) is 5.82 Å². The molecule has 0 spiro atoms. The molecule has 1 aromatic rings. The molecule has 1 aliphatic rings. The smallest absolute Gasteiger partial charge is 0.211 e. The molecule has 0 saturated carbocycles. The van der Waals surface area contributed by atoms with Crippen LogP contribution in [0.1, 0.15) is 12.8 Å². The Bertz CT molecular complexity index is 715. The Hall–Kier alpha value is -0.990. The van der Waals surface area contributed by atoms with E-state index < -0.39 is 25.7 Å². The monoisotopic (exact) mass is 335 g/mol. The van der Waals surface area contributed by atoms with Crippen LogP contribution in [-0.4, -0.2) is 46.2 Å². The Morgan fingerprint density at radius 1 is 1.29 bits per heavy atom. The maximum Gasteiger partial charge on any atom is 0.211 e. The lowest BCUT2D eigenvalue weighted by Crippen LogP contribution is -2.41. The van der Waals surface area contributed by atoms with Gasteiger partial charge in [-0.1, -0.05) is 6.07 Å². The van der Waals surface area contributed by atoms with Crippen molar-refractivity contribution >= 4 is 19.9 Å². The molecule has 8 heteroatoms. The Balaban J connectivity index is 2.14. The van der Waals surface area contributed by atoms with Crippen LogP contribution in [0.3, 0.4) is 0 Å². The third-order valence-electron chi connectivity index (χ3n) is 3.56. The lowest BCUT2D eigenvalue weighted by atomic mass is 10.0. The van der Waals surface area contributed by atoms with Crippen LogP contribution in [0.5, 0.6) is 0 Å². The van der Waals surface area contributed by atoms with Gasteiger partial charge in [-0.3, -0.25) is 0 Å². The third-order valence-corrected chi connectivity index (χ3v) is 6.71. The minimum absolute atomic E-state index is 0.0565. The molecule has 21 heavy (non-hydrogen) atoms. The zero-order valence-electron chi connectivity index (χ0n) is 11.7. The quantitative estimate of drug-likeness (QED) is 0.831. The molecule has 0 bridgehead atoms. The lowest BCUT2D eigenvalue weighted by Gasteiger charge is -2.30. The molecule has 1 aromatic carbocycles. The van der Waals surface area contributed by atoms with E-state index in [2.05, 4.69) is 0 Å². The van der Waals surface area contributed by atoms with Crippen molar-refractivity contribution < 1.29 is 21.2 Å². The fraction of sp³-hybridized carbons (Fsp3) is 0.538. The van der Waals surface area contributed by atoms with Crippen molar-refractivity contribution in [3.05, 3.63) is 30.1 Å². The minimum atomic E-state index is -3.61. The molecule has 1 unspecified atom stereocenters. The van der Waals surface area contributed by atoms with Crippen LogP contribution in [0.15, 0.2) is 29.2 Å². The van der Waals surface area contributed by atoms with E-state index in [9.17, 15) is 21.2 Å². The number of hydrogen-bond acceptors (Lipinski definition) is 4. The van der Waals surface area contributed by atoms with Gasteiger partial charge in [-0.15, -0.1) is 0 Å². The summed E-state index contributed by atoms with van der Waals surface area (Å²) in [6, 6.07) is 4.89. The van der Waals surface area contributed by atoms with E-state index in [-0.39, 0.29) is 23.1 Å². The van der Waals surface area contributed by atoms with Gasteiger partial charge < -0.3 is 0 Å². The van der Waals surface area contributed by atoms with E-state index in [4.69, 9.17) is 0 Å². The summed E-state index contributed by atoms with van der Waals surface area (Å²) in [6.45, 7) is 0.628. The van der Waals surface area contributed by atoms with Gasteiger partial charge in [0.05, 0.1) is 16.9 Å². The van der Waals surface area contributed by atoms with E-state index in [1.807, 2.05) is 0 Å². The third kappa shape index (κ3) is 4.24. The molecule has 1 saturated heterocycles. The normalized spacial score (nSPS) is 21.3. The SMILES string of the molecule is CS(=O)(=O)N1CCCC(CS(=O)(=O)c2cccc(F)c2)C1. The highest BCUT2D eigenvalue weighted by molar-refractivity contribution is 7.91. The van der Waals surface area contributed by atoms with Crippen molar-refractivity contribution in [2.24, 2.45) is 5.92 Å². The van der Waals surface area contributed by atoms with Crippen LogP contribution >= 0.6 is 0 Å². The molecule has 2 rings (SSSR count). The molecular formula is C13H18FNO4S2. The molecule has 0 aliphatic carbocycles. The van der Waals surface area contributed by atoms with E-state index in [0.29, 0.717) is 19.4 Å².